The second-order valence-corrected chi connectivity index (χ2v) is 5.65. The summed E-state index contributed by atoms with van der Waals surface area (Å²) in [5, 5.41) is 7.99. The third kappa shape index (κ3) is 5.16. The van der Waals surface area contributed by atoms with E-state index in [1.165, 1.54) is 10.2 Å². The summed E-state index contributed by atoms with van der Waals surface area (Å²) in [7, 11) is 3.87. The van der Waals surface area contributed by atoms with Crippen molar-refractivity contribution in [1.82, 2.24) is 20.0 Å². The van der Waals surface area contributed by atoms with Gasteiger partial charge in [0.2, 0.25) is 0 Å². The number of rotatable bonds is 10. The van der Waals surface area contributed by atoms with Crippen LogP contribution in [0.15, 0.2) is 4.47 Å². The molecule has 116 valence electrons. The first kappa shape index (κ1) is 17.6. The van der Waals surface area contributed by atoms with Gasteiger partial charge in [0.05, 0.1) is 22.5 Å². The van der Waals surface area contributed by atoms with Crippen molar-refractivity contribution < 1.29 is 4.74 Å². The molecule has 20 heavy (non-hydrogen) atoms. The SMILES string of the molecule is CCc1nn(CC)c(CN(C)CCNCCOC)c1Br. The van der Waals surface area contributed by atoms with E-state index in [1.54, 1.807) is 7.11 Å². The van der Waals surface area contributed by atoms with Gasteiger partial charge in [-0.25, -0.2) is 0 Å². The van der Waals surface area contributed by atoms with Gasteiger partial charge < -0.3 is 10.1 Å². The third-order valence-corrected chi connectivity index (χ3v) is 4.18. The van der Waals surface area contributed by atoms with Gasteiger partial charge in [0.25, 0.3) is 0 Å². The molecule has 0 saturated carbocycles. The van der Waals surface area contributed by atoms with Gasteiger partial charge in [-0.2, -0.15) is 5.10 Å². The number of nitrogens with one attached hydrogen (secondary N) is 1. The standard InChI is InChI=1S/C14H27BrN4O/c1-5-12-14(15)13(19(6-2)17-12)11-18(3)9-7-16-8-10-20-4/h16H,5-11H2,1-4H3. The van der Waals surface area contributed by atoms with Gasteiger partial charge in [0.1, 0.15) is 0 Å². The van der Waals surface area contributed by atoms with Crippen LogP contribution in [0.2, 0.25) is 0 Å². The fourth-order valence-electron chi connectivity index (χ4n) is 2.07. The highest BCUT2D eigenvalue weighted by Crippen LogP contribution is 2.23. The van der Waals surface area contributed by atoms with Crippen LogP contribution in [0, 0.1) is 0 Å². The van der Waals surface area contributed by atoms with E-state index in [-0.39, 0.29) is 0 Å². The highest BCUT2D eigenvalue weighted by molar-refractivity contribution is 9.10. The number of hydrogen-bond acceptors (Lipinski definition) is 4. The second kappa shape index (κ2) is 9.50. The van der Waals surface area contributed by atoms with Crippen LogP contribution in [0.5, 0.6) is 0 Å². The summed E-state index contributed by atoms with van der Waals surface area (Å²) in [6, 6.07) is 0. The topological polar surface area (TPSA) is 42.3 Å². The molecule has 1 heterocycles. The normalized spacial score (nSPS) is 11.5. The molecule has 0 aliphatic rings. The van der Waals surface area contributed by atoms with Crippen LogP contribution in [-0.4, -0.2) is 55.1 Å². The summed E-state index contributed by atoms with van der Waals surface area (Å²) in [6.07, 6.45) is 0.961. The van der Waals surface area contributed by atoms with E-state index in [0.29, 0.717) is 0 Å². The van der Waals surface area contributed by atoms with Crippen LogP contribution in [-0.2, 0) is 24.2 Å². The molecular formula is C14H27BrN4O. The molecule has 0 saturated heterocycles. The molecule has 1 N–H and O–H groups in total. The van der Waals surface area contributed by atoms with E-state index in [1.807, 2.05) is 0 Å². The molecule has 0 bridgehead atoms. The Balaban J connectivity index is 2.48. The molecule has 0 radical (unpaired) electrons. The Morgan fingerprint density at radius 3 is 2.70 bits per heavy atom. The molecule has 0 atom stereocenters. The number of hydrogen-bond donors (Lipinski definition) is 1. The maximum atomic E-state index is 5.01. The molecule has 6 heteroatoms. The van der Waals surface area contributed by atoms with E-state index in [4.69, 9.17) is 4.74 Å². The zero-order valence-corrected chi connectivity index (χ0v) is 14.7. The van der Waals surface area contributed by atoms with Crippen LogP contribution in [0.3, 0.4) is 0 Å². The van der Waals surface area contributed by atoms with Gasteiger partial charge in [-0.05, 0) is 36.3 Å². The second-order valence-electron chi connectivity index (χ2n) is 4.86. The molecule has 0 aliphatic carbocycles. The molecule has 0 spiro atoms. The average molecular weight is 347 g/mol. The van der Waals surface area contributed by atoms with Crippen LogP contribution in [0.4, 0.5) is 0 Å². The maximum Gasteiger partial charge on any atom is 0.0767 e. The van der Waals surface area contributed by atoms with Crippen molar-refractivity contribution in [3.8, 4) is 0 Å². The molecule has 0 unspecified atom stereocenters. The van der Waals surface area contributed by atoms with Crippen LogP contribution in [0.1, 0.15) is 25.2 Å². The average Bonchev–Trinajstić information content (AvgIpc) is 2.75. The number of halogens is 1. The number of ether oxygens (including phenoxy) is 1. The zero-order chi connectivity index (χ0) is 15.0. The highest BCUT2D eigenvalue weighted by Gasteiger charge is 2.15. The van der Waals surface area contributed by atoms with Crippen molar-refractivity contribution in [2.75, 3.05) is 40.4 Å². The lowest BCUT2D eigenvalue weighted by Gasteiger charge is -2.18. The Morgan fingerprint density at radius 2 is 2.10 bits per heavy atom. The van der Waals surface area contributed by atoms with Gasteiger partial charge in [0.15, 0.2) is 0 Å². The van der Waals surface area contributed by atoms with Gasteiger partial charge >= 0.3 is 0 Å². The van der Waals surface area contributed by atoms with E-state index in [9.17, 15) is 0 Å². The fraction of sp³-hybridized carbons (Fsp3) is 0.786. The Labute approximate surface area is 130 Å². The Hall–Kier alpha value is -0.430. The molecule has 0 aromatic carbocycles. The van der Waals surface area contributed by atoms with Crippen molar-refractivity contribution in [3.63, 3.8) is 0 Å². The molecule has 0 amide bonds. The van der Waals surface area contributed by atoms with Crippen LogP contribution >= 0.6 is 15.9 Å². The monoisotopic (exact) mass is 346 g/mol. The lowest BCUT2D eigenvalue weighted by molar-refractivity contribution is 0.197. The lowest BCUT2D eigenvalue weighted by Crippen LogP contribution is -2.31. The number of aryl methyl sites for hydroxylation is 2. The Kier molecular flexibility index (Phi) is 8.37. The minimum absolute atomic E-state index is 0.762. The predicted octanol–water partition coefficient (Wildman–Crippen LogP) is 1.90. The van der Waals surface area contributed by atoms with Crippen molar-refractivity contribution >= 4 is 15.9 Å². The highest BCUT2D eigenvalue weighted by atomic mass is 79.9. The molecular weight excluding hydrogens is 320 g/mol. The summed E-state index contributed by atoms with van der Waals surface area (Å²) in [5.41, 5.74) is 2.41. The quantitative estimate of drug-likeness (QED) is 0.657. The number of nitrogens with zero attached hydrogens (tertiary/aromatic N) is 3. The molecule has 0 aliphatic heterocycles. The maximum absolute atomic E-state index is 5.01. The molecule has 1 aromatic rings. The van der Waals surface area contributed by atoms with E-state index in [2.05, 4.69) is 56.8 Å². The summed E-state index contributed by atoms with van der Waals surface area (Å²) >= 11 is 3.69. The summed E-state index contributed by atoms with van der Waals surface area (Å²) in [6.45, 7) is 9.74. The molecule has 1 aromatic heterocycles. The predicted molar refractivity (Wildman–Crippen MR) is 86.1 cm³/mol. The number of methoxy groups -OCH3 is 1. The minimum Gasteiger partial charge on any atom is -0.383 e. The zero-order valence-electron chi connectivity index (χ0n) is 13.1. The van der Waals surface area contributed by atoms with Crippen molar-refractivity contribution in [2.24, 2.45) is 0 Å². The largest absolute Gasteiger partial charge is 0.383 e. The van der Waals surface area contributed by atoms with Gasteiger partial charge in [0, 0.05) is 39.8 Å². The molecule has 0 fully saturated rings. The van der Waals surface area contributed by atoms with Gasteiger partial charge in [-0.3, -0.25) is 9.58 Å². The van der Waals surface area contributed by atoms with E-state index < -0.39 is 0 Å². The first-order valence-corrected chi connectivity index (χ1v) is 8.05. The van der Waals surface area contributed by atoms with Crippen molar-refractivity contribution in [2.45, 2.75) is 33.4 Å². The van der Waals surface area contributed by atoms with Crippen molar-refractivity contribution in [3.05, 3.63) is 15.9 Å². The lowest BCUT2D eigenvalue weighted by atomic mass is 10.3. The first-order valence-electron chi connectivity index (χ1n) is 7.26. The summed E-state index contributed by atoms with van der Waals surface area (Å²) in [5.74, 6) is 0. The van der Waals surface area contributed by atoms with E-state index >= 15 is 0 Å². The van der Waals surface area contributed by atoms with E-state index in [0.717, 1.165) is 51.4 Å². The first-order chi connectivity index (χ1) is 9.63. The number of likely N-dealkylation sites (N-methyl/N-ethyl adjacent to an activating group) is 1. The third-order valence-electron chi connectivity index (χ3n) is 3.27. The van der Waals surface area contributed by atoms with Gasteiger partial charge in [-0.15, -0.1) is 0 Å². The fourth-order valence-corrected chi connectivity index (χ4v) is 2.76. The summed E-state index contributed by atoms with van der Waals surface area (Å²) in [4.78, 5) is 2.31. The van der Waals surface area contributed by atoms with Crippen molar-refractivity contribution in [1.29, 1.82) is 0 Å². The van der Waals surface area contributed by atoms with Gasteiger partial charge in [-0.1, -0.05) is 6.92 Å². The minimum atomic E-state index is 0.762. The Bertz CT molecular complexity index is 395. The van der Waals surface area contributed by atoms with Crippen LogP contribution < -0.4 is 5.32 Å². The van der Waals surface area contributed by atoms with Crippen LogP contribution in [0.25, 0.3) is 0 Å². The smallest absolute Gasteiger partial charge is 0.0767 e. The number of aromatic nitrogens is 2. The molecule has 5 nitrogen and oxygen atoms in total. The Morgan fingerprint density at radius 1 is 1.35 bits per heavy atom. The molecule has 1 rings (SSSR count). The summed E-state index contributed by atoms with van der Waals surface area (Å²) < 4.78 is 8.27.